The molecule has 724 valence electrons. The number of fused-ring (bicyclic) bond motifs is 17. The summed E-state index contributed by atoms with van der Waals surface area (Å²) in [4.78, 5) is 42.6. The molecule has 0 atom stereocenters. The van der Waals surface area contributed by atoms with Crippen molar-refractivity contribution in [3.05, 3.63) is 430 Å². The van der Waals surface area contributed by atoms with Crippen LogP contribution in [0.4, 0.5) is 51.2 Å². The molecule has 0 aliphatic carbocycles. The fourth-order valence-electron chi connectivity index (χ4n) is 21.1. The van der Waals surface area contributed by atoms with Crippen molar-refractivity contribution in [3.8, 4) is 33.8 Å². The standard InChI is InChI=1S/C30H26N3.2C28H24N3.3C14H12N2.3Ir/c1-18(2)20-13-9-14-21(19(3)4)28(20)26-17-33-27-16-31-25-15-8-7-12-24(25)29(27)22-10-5-6-11-23(22)30(33)32-26;1-16(2)20-8-6-9-21(17(3)4)27(20)23-15-31-24-14-29-13-19-12-11-18-7-5-10-22(28(31)30-23)25(18)26(19)24;1-16(2)20-8-6-9-21(17(3)4)26(20)23-15-31-27(30-23)22-10-5-7-18-11-12-19-13-14-29-28(31)25(19)24(18)22;3*1-15-11-16(12-7-3-2-4-8-12)14-10-6-5-9-13(14)15;;;/h5-10,12-19H,1-4H3;2*5-9,11-17H,1-4H3;3*2-7,9-11H,1H3;;;/q3*-1;3*-2;3*+3. The van der Waals surface area contributed by atoms with Gasteiger partial charge in [-0.2, -0.15) is 111 Å². The van der Waals surface area contributed by atoms with Gasteiger partial charge in [0.1, 0.15) is 5.65 Å². The van der Waals surface area contributed by atoms with Crippen LogP contribution in [0.3, 0.4) is 0 Å². The molecule has 0 fully saturated rings. The van der Waals surface area contributed by atoms with Gasteiger partial charge in [0.15, 0.2) is 0 Å². The minimum Gasteiger partial charge on any atom is -0.504 e. The van der Waals surface area contributed by atoms with Gasteiger partial charge in [0.2, 0.25) is 0 Å². The van der Waals surface area contributed by atoms with E-state index in [1.165, 1.54) is 127 Å². The number of nitrogens with zero attached hydrogens (tertiary/aromatic N) is 15. The Hall–Kier alpha value is -14.6. The third-order valence-corrected chi connectivity index (χ3v) is 28.0. The number of imidazole rings is 3. The van der Waals surface area contributed by atoms with E-state index in [4.69, 9.17) is 24.9 Å². The molecule has 0 saturated carbocycles. The molecule has 0 amide bonds. The minimum absolute atomic E-state index is 0. The third kappa shape index (κ3) is 18.3. The van der Waals surface area contributed by atoms with Gasteiger partial charge in [-0.25, -0.2) is 4.98 Å². The number of hydrogen-bond donors (Lipinski definition) is 0. The largest absolute Gasteiger partial charge is 3.00 e. The quantitative estimate of drug-likeness (QED) is 0.0858. The molecule has 18 heteroatoms. The van der Waals surface area contributed by atoms with Crippen molar-refractivity contribution in [1.82, 2.24) is 43.1 Å². The Morgan fingerprint density at radius 1 is 0.260 bits per heavy atom. The van der Waals surface area contributed by atoms with Crippen LogP contribution in [-0.4, -0.2) is 64.2 Å². The first kappa shape index (κ1) is 100. The van der Waals surface area contributed by atoms with Crippen molar-refractivity contribution in [2.45, 2.75) is 119 Å². The van der Waals surface area contributed by atoms with Crippen LogP contribution in [0.15, 0.2) is 341 Å². The summed E-state index contributed by atoms with van der Waals surface area (Å²) in [6, 6.07) is 123. The van der Waals surface area contributed by atoms with Gasteiger partial charge in [-0.05, 0) is 165 Å². The van der Waals surface area contributed by atoms with E-state index in [-0.39, 0.29) is 60.3 Å². The van der Waals surface area contributed by atoms with E-state index in [0.29, 0.717) is 35.5 Å². The number of hydrogen-bond acceptors (Lipinski definition) is 12. The smallest absolute Gasteiger partial charge is 0.504 e. The van der Waals surface area contributed by atoms with Gasteiger partial charge in [-0.1, -0.05) is 243 Å². The summed E-state index contributed by atoms with van der Waals surface area (Å²) >= 11 is 0. The number of pyridine rings is 6. The molecule has 24 aromatic rings. The summed E-state index contributed by atoms with van der Waals surface area (Å²) < 4.78 is 6.59. The van der Waals surface area contributed by atoms with Crippen LogP contribution in [0.5, 0.6) is 0 Å². The molecule has 0 saturated heterocycles. The number of benzene rings is 15. The van der Waals surface area contributed by atoms with Crippen molar-refractivity contribution in [1.29, 1.82) is 0 Å². The molecule has 0 unspecified atom stereocenters. The maximum Gasteiger partial charge on any atom is 3.00 e. The summed E-state index contributed by atoms with van der Waals surface area (Å²) in [5, 5.41) is 16.3. The molecule has 0 spiro atoms. The zero-order valence-electron chi connectivity index (χ0n) is 84.2. The molecule has 0 N–H and O–H groups in total. The third-order valence-electron chi connectivity index (χ3n) is 28.0. The maximum atomic E-state index is 5.23. The summed E-state index contributed by atoms with van der Waals surface area (Å²) in [5.41, 5.74) is 32.3. The molecule has 0 radical (unpaired) electrons. The van der Waals surface area contributed by atoms with E-state index in [0.717, 1.165) is 106 Å². The van der Waals surface area contributed by atoms with E-state index in [2.05, 4.69) is 445 Å². The molecular weight excluding hydrogens is 2320 g/mol. The van der Waals surface area contributed by atoms with Gasteiger partial charge >= 0.3 is 60.3 Å². The molecule has 15 nitrogen and oxygen atoms in total. The zero-order valence-corrected chi connectivity index (χ0v) is 91.4. The van der Waals surface area contributed by atoms with Crippen LogP contribution in [0.25, 0.3) is 148 Å². The summed E-state index contributed by atoms with van der Waals surface area (Å²) in [6.07, 6.45) is 14.4. The molecule has 15 aromatic carbocycles. The van der Waals surface area contributed by atoms with E-state index in [1.807, 2.05) is 104 Å². The molecule has 3 aliphatic heterocycles. The van der Waals surface area contributed by atoms with Crippen molar-refractivity contribution >= 4 is 166 Å². The van der Waals surface area contributed by atoms with Crippen molar-refractivity contribution in [3.63, 3.8) is 0 Å². The summed E-state index contributed by atoms with van der Waals surface area (Å²) in [5.74, 6) is 2.50. The first-order valence-electron chi connectivity index (χ1n) is 49.5. The Labute approximate surface area is 895 Å². The van der Waals surface area contributed by atoms with Gasteiger partial charge in [0.25, 0.3) is 0 Å². The van der Waals surface area contributed by atoms with Crippen LogP contribution in [-0.2, 0) is 60.3 Å². The van der Waals surface area contributed by atoms with Crippen LogP contribution < -0.4 is 29.4 Å². The molecule has 12 heterocycles. The minimum atomic E-state index is 0. The molecule has 3 aliphatic rings. The van der Waals surface area contributed by atoms with Crippen LogP contribution in [0.1, 0.15) is 152 Å². The fourth-order valence-corrected chi connectivity index (χ4v) is 21.1. The van der Waals surface area contributed by atoms with Crippen LogP contribution >= 0.6 is 0 Å². The Balaban J connectivity index is 0.000000113. The van der Waals surface area contributed by atoms with Crippen LogP contribution in [0, 0.1) is 56.4 Å². The van der Waals surface area contributed by atoms with Crippen molar-refractivity contribution in [2.75, 3.05) is 50.5 Å². The second-order valence-electron chi connectivity index (χ2n) is 39.1. The van der Waals surface area contributed by atoms with Gasteiger partial charge in [0, 0.05) is 93.4 Å². The van der Waals surface area contributed by atoms with Crippen LogP contribution in [0.2, 0.25) is 0 Å². The van der Waals surface area contributed by atoms with Gasteiger partial charge in [0.05, 0.1) is 56.8 Å². The topological polar surface area (TPSA) is 110 Å². The van der Waals surface area contributed by atoms with E-state index >= 15 is 0 Å². The van der Waals surface area contributed by atoms with Gasteiger partial charge in [-0.3, -0.25) is 24.9 Å². The van der Waals surface area contributed by atoms with Gasteiger partial charge < -0.3 is 42.6 Å². The molecule has 27 rings (SSSR count). The number of rotatable bonds is 12. The molecule has 146 heavy (non-hydrogen) atoms. The first-order chi connectivity index (χ1) is 69.7. The Morgan fingerprint density at radius 3 is 1.03 bits per heavy atom. The molecular formula is C128H110Ir3N15. The van der Waals surface area contributed by atoms with Crippen molar-refractivity contribution < 1.29 is 60.3 Å². The zero-order chi connectivity index (χ0) is 98.1. The van der Waals surface area contributed by atoms with E-state index < -0.39 is 0 Å². The molecule has 0 bridgehead atoms. The number of aromatic nitrogens is 9. The maximum absolute atomic E-state index is 5.23. The Kier molecular flexibility index (Phi) is 29.0. The van der Waals surface area contributed by atoms with Gasteiger partial charge in [-0.15, -0.1) is 93.9 Å². The predicted molar refractivity (Wildman–Crippen MR) is 596 cm³/mol. The Bertz CT molecular complexity index is 8120. The normalized spacial score (nSPS) is 12.7. The fraction of sp³-hybridized carbons (Fsp3) is 0.164. The number of anilines is 9. The predicted octanol–water partition coefficient (Wildman–Crippen LogP) is 32.2. The summed E-state index contributed by atoms with van der Waals surface area (Å²) in [7, 11) is 6.17. The monoisotopic (exact) mass is 2440 g/mol. The summed E-state index contributed by atoms with van der Waals surface area (Å²) in [6.45, 7) is 33.3. The molecule has 9 aromatic heterocycles. The van der Waals surface area contributed by atoms with E-state index in [9.17, 15) is 0 Å². The second-order valence-corrected chi connectivity index (χ2v) is 39.1. The number of para-hydroxylation sites is 10. The first-order valence-corrected chi connectivity index (χ1v) is 49.5. The SMILES string of the molecule is CC(C)c1cccc(C(C)C)c1-c1cn2c(n1)c1[c-]ccc3ccc4ccnc2c4c31.CC(C)c1cccc(C(C)C)c1-c1cn2c3cnc4ccccc4c3c3ccc[c-]c3c2n1.CC(C)c1cccc(C(C)C)c1-c1cn2c3cncc4ccc5cc[c-]c(c5c43)c2n1.CN1[CH-]N(c2[c-]cccc2)c2ccccc21.CN1[CH-]N(c2[c-]cccc2)c2ccccc21.CN1[CH-]N(c2[c-]cccc2)c2ccccc21.[Ir+3].[Ir+3].[Ir+3]. The van der Waals surface area contributed by atoms with Crippen molar-refractivity contribution in [2.24, 2.45) is 0 Å². The Morgan fingerprint density at radius 2 is 0.610 bits per heavy atom. The average Bonchev–Trinajstić information content (AvgIpc) is 1.52. The average molecular weight is 2440 g/mol. The van der Waals surface area contributed by atoms with E-state index in [1.54, 1.807) is 0 Å². The second kappa shape index (κ2) is 42.2.